The van der Waals surface area contributed by atoms with Gasteiger partial charge in [0, 0.05) is 22.0 Å². The molecule has 0 radical (unpaired) electrons. The predicted molar refractivity (Wildman–Crippen MR) is 108 cm³/mol. The third-order valence-electron chi connectivity index (χ3n) is 3.26. The number of halogens is 3. The summed E-state index contributed by atoms with van der Waals surface area (Å²) in [5, 5.41) is 3.60. The van der Waals surface area contributed by atoms with E-state index in [1.165, 1.54) is 4.88 Å². The minimum absolute atomic E-state index is 0. The number of aryl methyl sites for hydroxylation is 1. The van der Waals surface area contributed by atoms with E-state index in [1.807, 2.05) is 18.6 Å². The van der Waals surface area contributed by atoms with Gasteiger partial charge in [-0.15, -0.1) is 47.5 Å². The summed E-state index contributed by atoms with van der Waals surface area (Å²) in [5.41, 5.74) is 9.80. The van der Waals surface area contributed by atoms with Crippen LogP contribution in [-0.4, -0.2) is 21.0 Å². The van der Waals surface area contributed by atoms with E-state index >= 15 is 0 Å². The molecule has 3 aromatic heterocycles. The van der Waals surface area contributed by atoms with E-state index in [2.05, 4.69) is 27.2 Å². The molecule has 132 valence electrons. The summed E-state index contributed by atoms with van der Waals surface area (Å²) < 4.78 is 1.03. The summed E-state index contributed by atoms with van der Waals surface area (Å²) in [4.78, 5) is 15.2. The average molecular weight is 427 g/mol. The fourth-order valence-electron chi connectivity index (χ4n) is 2.21. The highest BCUT2D eigenvalue weighted by Gasteiger charge is 2.16. The number of thiophene rings is 1. The van der Waals surface area contributed by atoms with Crippen LogP contribution in [0.25, 0.3) is 10.2 Å². The van der Waals surface area contributed by atoms with E-state index in [0.717, 1.165) is 32.9 Å². The predicted octanol–water partition coefficient (Wildman–Crippen LogP) is 4.46. The Kier molecular flexibility index (Phi) is 8.11. The van der Waals surface area contributed by atoms with E-state index in [-0.39, 0.29) is 36.1 Å². The van der Waals surface area contributed by atoms with Crippen LogP contribution in [0, 0.1) is 6.92 Å². The molecule has 0 saturated carbocycles. The normalized spacial score (nSPS) is 11.7. The summed E-state index contributed by atoms with van der Waals surface area (Å²) in [7, 11) is 0. The molecule has 0 aliphatic carbocycles. The number of nitrogens with two attached hydrogens (primary N) is 1. The van der Waals surface area contributed by atoms with E-state index < -0.39 is 0 Å². The summed E-state index contributed by atoms with van der Waals surface area (Å²) in [6, 6.07) is 0.115. The fraction of sp³-hybridized carbons (Fsp3) is 0.357. The second kappa shape index (κ2) is 9.12. The molecule has 0 aliphatic rings. The van der Waals surface area contributed by atoms with Gasteiger partial charge < -0.3 is 11.1 Å². The van der Waals surface area contributed by atoms with Crippen molar-refractivity contribution in [3.8, 4) is 0 Å². The number of hydrogen-bond acceptors (Lipinski definition) is 7. The van der Waals surface area contributed by atoms with Crippen molar-refractivity contribution in [2.75, 3.05) is 5.32 Å². The van der Waals surface area contributed by atoms with Crippen LogP contribution in [0.1, 0.15) is 22.2 Å². The molecule has 0 saturated heterocycles. The average Bonchev–Trinajstić information content (AvgIpc) is 3.07. The first kappa shape index (κ1) is 21.3. The quantitative estimate of drug-likeness (QED) is 0.589. The van der Waals surface area contributed by atoms with Crippen molar-refractivity contribution < 1.29 is 0 Å². The maximum atomic E-state index is 6.08. The largest absolute Gasteiger partial charge is 0.364 e. The lowest BCUT2D eigenvalue weighted by Gasteiger charge is -2.05. The van der Waals surface area contributed by atoms with Gasteiger partial charge in [-0.1, -0.05) is 0 Å². The molecule has 24 heavy (non-hydrogen) atoms. The molecule has 3 N–H and O–H groups in total. The van der Waals surface area contributed by atoms with Crippen LogP contribution in [0.3, 0.4) is 0 Å². The topological polar surface area (TPSA) is 76.7 Å². The molecule has 1 atom stereocenters. The van der Waals surface area contributed by atoms with Gasteiger partial charge >= 0.3 is 0 Å². The SMILES string of the molecule is Cc1c(C[C@H](C)N)sc2c(NCc3cncs3)nc(Cl)nc12.Cl.Cl. The molecular formula is C14H18Cl3N5S2. The molecule has 0 aromatic carbocycles. The van der Waals surface area contributed by atoms with Gasteiger partial charge in [0.25, 0.3) is 0 Å². The fourth-order valence-corrected chi connectivity index (χ4v) is 4.27. The third kappa shape index (κ3) is 4.68. The smallest absolute Gasteiger partial charge is 0.224 e. The minimum atomic E-state index is 0. The zero-order chi connectivity index (χ0) is 15.7. The first-order valence-electron chi connectivity index (χ1n) is 6.87. The zero-order valence-electron chi connectivity index (χ0n) is 13.1. The molecule has 3 aromatic rings. The highest BCUT2D eigenvalue weighted by Crippen LogP contribution is 2.35. The zero-order valence-corrected chi connectivity index (χ0v) is 17.1. The molecular weight excluding hydrogens is 409 g/mol. The van der Waals surface area contributed by atoms with Crippen molar-refractivity contribution >= 4 is 75.1 Å². The first-order chi connectivity index (χ1) is 10.5. The van der Waals surface area contributed by atoms with Gasteiger partial charge in [-0.25, -0.2) is 4.98 Å². The number of hydrogen-bond donors (Lipinski definition) is 2. The lowest BCUT2D eigenvalue weighted by Crippen LogP contribution is -2.17. The molecule has 0 amide bonds. The van der Waals surface area contributed by atoms with Crippen LogP contribution in [0.2, 0.25) is 5.28 Å². The number of anilines is 1. The Morgan fingerprint density at radius 2 is 2.08 bits per heavy atom. The molecule has 0 unspecified atom stereocenters. The molecule has 10 heteroatoms. The number of thiazole rings is 1. The highest BCUT2D eigenvalue weighted by atomic mass is 35.5. The summed E-state index contributed by atoms with van der Waals surface area (Å²) in [5.74, 6) is 0.771. The first-order valence-corrected chi connectivity index (χ1v) is 8.94. The molecule has 3 rings (SSSR count). The number of nitrogens with one attached hydrogen (secondary N) is 1. The maximum Gasteiger partial charge on any atom is 0.224 e. The highest BCUT2D eigenvalue weighted by molar-refractivity contribution is 7.19. The Balaban J connectivity index is 0.00000144. The van der Waals surface area contributed by atoms with Gasteiger partial charge in [0.1, 0.15) is 5.82 Å². The van der Waals surface area contributed by atoms with E-state index in [9.17, 15) is 0 Å². The number of fused-ring (bicyclic) bond motifs is 1. The van der Waals surface area contributed by atoms with Gasteiger partial charge in [0.15, 0.2) is 0 Å². The maximum absolute atomic E-state index is 6.08. The summed E-state index contributed by atoms with van der Waals surface area (Å²) in [6.45, 7) is 4.74. The van der Waals surface area contributed by atoms with Crippen molar-refractivity contribution in [2.45, 2.75) is 32.9 Å². The summed E-state index contributed by atoms with van der Waals surface area (Å²) >= 11 is 9.37. The Morgan fingerprint density at radius 1 is 1.33 bits per heavy atom. The van der Waals surface area contributed by atoms with Crippen LogP contribution in [0.5, 0.6) is 0 Å². The monoisotopic (exact) mass is 425 g/mol. The van der Waals surface area contributed by atoms with Gasteiger partial charge in [0.05, 0.1) is 22.3 Å². The van der Waals surface area contributed by atoms with Crippen molar-refractivity contribution in [1.82, 2.24) is 15.0 Å². The van der Waals surface area contributed by atoms with E-state index in [4.69, 9.17) is 17.3 Å². The minimum Gasteiger partial charge on any atom is -0.364 e. The van der Waals surface area contributed by atoms with Crippen molar-refractivity contribution in [3.63, 3.8) is 0 Å². The van der Waals surface area contributed by atoms with Gasteiger partial charge in [-0.2, -0.15) is 4.98 Å². The van der Waals surface area contributed by atoms with Crippen LogP contribution in [-0.2, 0) is 13.0 Å². The number of rotatable bonds is 5. The van der Waals surface area contributed by atoms with Crippen LogP contribution in [0.15, 0.2) is 11.7 Å². The third-order valence-corrected chi connectivity index (χ3v) is 5.52. The Morgan fingerprint density at radius 3 is 2.71 bits per heavy atom. The number of nitrogens with zero attached hydrogens (tertiary/aromatic N) is 3. The van der Waals surface area contributed by atoms with Gasteiger partial charge in [-0.05, 0) is 37.4 Å². The summed E-state index contributed by atoms with van der Waals surface area (Å²) in [6.07, 6.45) is 2.68. The molecule has 5 nitrogen and oxygen atoms in total. The standard InChI is InChI=1S/C14H16ClN5S2.2ClH/c1-7(16)3-10-8(2)11-12(22-10)13(20-14(15)19-11)18-5-9-4-17-6-21-9;;/h4,6-7H,3,5,16H2,1-2H3,(H,18,19,20);2*1H/t7-;;/m0../s1. The lowest BCUT2D eigenvalue weighted by molar-refractivity contribution is 0.744. The second-order valence-electron chi connectivity index (χ2n) is 5.17. The Labute approximate surface area is 165 Å². The van der Waals surface area contributed by atoms with Gasteiger partial charge in [0.2, 0.25) is 5.28 Å². The van der Waals surface area contributed by atoms with Crippen LogP contribution in [0.4, 0.5) is 5.82 Å². The lowest BCUT2D eigenvalue weighted by atomic mass is 10.1. The van der Waals surface area contributed by atoms with Crippen LogP contribution < -0.4 is 11.1 Å². The van der Waals surface area contributed by atoms with E-state index in [1.54, 1.807) is 22.7 Å². The molecule has 0 aliphatic heterocycles. The molecule has 0 fully saturated rings. The molecule has 0 bridgehead atoms. The number of aromatic nitrogens is 3. The Hall–Kier alpha value is -0.700. The van der Waals surface area contributed by atoms with Gasteiger partial charge in [-0.3, -0.25) is 4.98 Å². The second-order valence-corrected chi connectivity index (χ2v) is 7.59. The van der Waals surface area contributed by atoms with Crippen LogP contribution >= 0.6 is 59.1 Å². The van der Waals surface area contributed by atoms with Crippen molar-refractivity contribution in [2.24, 2.45) is 5.73 Å². The molecule has 3 heterocycles. The molecule has 0 spiro atoms. The van der Waals surface area contributed by atoms with Crippen molar-refractivity contribution in [1.29, 1.82) is 0 Å². The Bertz CT molecular complexity index is 789. The van der Waals surface area contributed by atoms with E-state index in [0.29, 0.717) is 6.54 Å². The van der Waals surface area contributed by atoms with Crippen molar-refractivity contribution in [3.05, 3.63) is 32.3 Å².